The van der Waals surface area contributed by atoms with Crippen molar-refractivity contribution in [3.05, 3.63) is 64.9 Å². The average Bonchev–Trinajstić information content (AvgIpc) is 3.37. The Morgan fingerprint density at radius 2 is 1.84 bits per heavy atom. The molecule has 0 aromatic heterocycles. The second kappa shape index (κ2) is 12.9. The first-order valence-corrected chi connectivity index (χ1v) is 15.0. The van der Waals surface area contributed by atoms with Gasteiger partial charge in [-0.15, -0.1) is 0 Å². The lowest BCUT2D eigenvalue weighted by molar-refractivity contribution is -0.127. The molecule has 2 fully saturated rings. The van der Waals surface area contributed by atoms with E-state index >= 15 is 0 Å². The van der Waals surface area contributed by atoms with Gasteiger partial charge >= 0.3 is 0 Å². The van der Waals surface area contributed by atoms with E-state index in [2.05, 4.69) is 10.2 Å². The number of rotatable bonds is 10. The lowest BCUT2D eigenvalue weighted by Gasteiger charge is -2.37. The fourth-order valence-corrected chi connectivity index (χ4v) is 7.31. The maximum atomic E-state index is 13.8. The van der Waals surface area contributed by atoms with Crippen LogP contribution in [0.3, 0.4) is 0 Å². The van der Waals surface area contributed by atoms with E-state index in [1.165, 1.54) is 22.5 Å². The molecule has 2 aromatic rings. The number of hydrogen-bond donors (Lipinski definition) is 1. The SMILES string of the molecule is CN(C)C(c1cccc(F)c1)C1CCC(CNC(=O)COC2CCN(S(=O)(=O)c3ccc(Cl)cc3)C2)CC1. The molecule has 1 saturated heterocycles. The first kappa shape index (κ1) is 29.0. The molecule has 0 spiro atoms. The Kier molecular flexibility index (Phi) is 9.81. The first-order valence-electron chi connectivity index (χ1n) is 13.2. The summed E-state index contributed by atoms with van der Waals surface area (Å²) in [5.41, 5.74) is 1.01. The molecular formula is C28H37ClFN3O4S. The number of nitrogens with zero attached hydrogens (tertiary/aromatic N) is 2. The Hall–Kier alpha value is -2.04. The van der Waals surface area contributed by atoms with Crippen LogP contribution < -0.4 is 5.32 Å². The minimum Gasteiger partial charge on any atom is -0.367 e. The van der Waals surface area contributed by atoms with Gasteiger partial charge < -0.3 is 15.0 Å². The molecule has 2 aromatic carbocycles. The van der Waals surface area contributed by atoms with E-state index in [1.54, 1.807) is 24.3 Å². The lowest BCUT2D eigenvalue weighted by atomic mass is 9.76. The molecule has 1 heterocycles. The van der Waals surface area contributed by atoms with Crippen molar-refractivity contribution in [2.75, 3.05) is 40.3 Å². The van der Waals surface area contributed by atoms with Crippen molar-refractivity contribution in [3.8, 4) is 0 Å². The summed E-state index contributed by atoms with van der Waals surface area (Å²) >= 11 is 5.87. The number of amides is 1. The highest BCUT2D eigenvalue weighted by atomic mass is 35.5. The second-order valence-electron chi connectivity index (χ2n) is 10.6. The van der Waals surface area contributed by atoms with E-state index in [0.717, 1.165) is 31.2 Å². The lowest BCUT2D eigenvalue weighted by Crippen LogP contribution is -2.37. The maximum absolute atomic E-state index is 13.8. The highest BCUT2D eigenvalue weighted by Crippen LogP contribution is 2.39. The molecule has 38 heavy (non-hydrogen) atoms. The standard InChI is InChI=1S/C28H37ClFN3O4S/c1-32(2)28(22-4-3-5-24(30)16-22)21-8-6-20(7-9-21)17-31-27(34)19-37-25-14-15-33(18-25)38(35,36)26-12-10-23(29)11-13-26/h3-5,10-13,16,20-21,25,28H,6-9,14-15,17-19H2,1-2H3,(H,31,34). The molecular weight excluding hydrogens is 529 g/mol. The van der Waals surface area contributed by atoms with Crippen LogP contribution in [0, 0.1) is 17.7 Å². The van der Waals surface area contributed by atoms with Gasteiger partial charge in [-0.05, 0) is 100.0 Å². The summed E-state index contributed by atoms with van der Waals surface area (Å²) < 4.78 is 46.6. The summed E-state index contributed by atoms with van der Waals surface area (Å²) in [6.45, 7) is 1.09. The Bertz CT molecular complexity index is 1190. The van der Waals surface area contributed by atoms with Crippen LogP contribution in [0.1, 0.15) is 43.7 Å². The van der Waals surface area contributed by atoms with Gasteiger partial charge in [0.05, 0.1) is 11.0 Å². The maximum Gasteiger partial charge on any atom is 0.246 e. The molecule has 1 N–H and O–H groups in total. The molecule has 0 radical (unpaired) electrons. The normalized spacial score (nSPS) is 23.4. The third-order valence-electron chi connectivity index (χ3n) is 7.68. The molecule has 4 rings (SSSR count). The first-order chi connectivity index (χ1) is 18.1. The van der Waals surface area contributed by atoms with E-state index < -0.39 is 10.0 Å². The van der Waals surface area contributed by atoms with Gasteiger partial charge in [0.15, 0.2) is 0 Å². The smallest absolute Gasteiger partial charge is 0.246 e. The molecule has 208 valence electrons. The van der Waals surface area contributed by atoms with E-state index in [-0.39, 0.29) is 41.9 Å². The number of carbonyl (C=O) groups is 1. The number of halogens is 2. The summed E-state index contributed by atoms with van der Waals surface area (Å²) in [5, 5.41) is 3.47. The van der Waals surface area contributed by atoms with Crippen LogP contribution in [0.25, 0.3) is 0 Å². The van der Waals surface area contributed by atoms with Crippen molar-refractivity contribution in [3.63, 3.8) is 0 Å². The second-order valence-corrected chi connectivity index (χ2v) is 13.0. The number of nitrogens with one attached hydrogen (secondary N) is 1. The number of sulfonamides is 1. The molecule has 1 amide bonds. The molecule has 7 nitrogen and oxygen atoms in total. The van der Waals surface area contributed by atoms with E-state index in [1.807, 2.05) is 20.2 Å². The van der Waals surface area contributed by atoms with Gasteiger partial charge in [-0.1, -0.05) is 23.7 Å². The van der Waals surface area contributed by atoms with Crippen LogP contribution in [0.4, 0.5) is 4.39 Å². The molecule has 2 aliphatic rings. The van der Waals surface area contributed by atoms with E-state index in [9.17, 15) is 17.6 Å². The van der Waals surface area contributed by atoms with Crippen LogP contribution in [0.5, 0.6) is 0 Å². The average molecular weight is 566 g/mol. The van der Waals surface area contributed by atoms with Crippen molar-refractivity contribution >= 4 is 27.5 Å². The number of hydrogen-bond acceptors (Lipinski definition) is 5. The van der Waals surface area contributed by atoms with Gasteiger partial charge in [-0.25, -0.2) is 12.8 Å². The van der Waals surface area contributed by atoms with Gasteiger partial charge in [0, 0.05) is 30.7 Å². The van der Waals surface area contributed by atoms with Gasteiger partial charge in [0.25, 0.3) is 0 Å². The Balaban J connectivity index is 1.18. The van der Waals surface area contributed by atoms with Crippen molar-refractivity contribution in [2.24, 2.45) is 11.8 Å². The minimum atomic E-state index is -3.62. The third kappa shape index (κ3) is 7.33. The topological polar surface area (TPSA) is 79.0 Å². The Labute approximate surface area is 230 Å². The minimum absolute atomic E-state index is 0.0862. The quantitative estimate of drug-likeness (QED) is 0.459. The van der Waals surface area contributed by atoms with E-state index in [0.29, 0.717) is 36.4 Å². The van der Waals surface area contributed by atoms with Crippen molar-refractivity contribution < 1.29 is 22.3 Å². The Morgan fingerprint density at radius 1 is 1.13 bits per heavy atom. The number of carbonyl (C=O) groups excluding carboxylic acids is 1. The predicted octanol–water partition coefficient (Wildman–Crippen LogP) is 4.48. The largest absolute Gasteiger partial charge is 0.367 e. The van der Waals surface area contributed by atoms with E-state index in [4.69, 9.17) is 16.3 Å². The predicted molar refractivity (Wildman–Crippen MR) is 146 cm³/mol. The summed E-state index contributed by atoms with van der Waals surface area (Å²) in [7, 11) is 0.465. The van der Waals surface area contributed by atoms with Gasteiger partial charge in [-0.2, -0.15) is 4.31 Å². The van der Waals surface area contributed by atoms with Crippen LogP contribution in [-0.4, -0.2) is 70.0 Å². The highest BCUT2D eigenvalue weighted by molar-refractivity contribution is 7.89. The molecule has 10 heteroatoms. The van der Waals surface area contributed by atoms with Crippen molar-refractivity contribution in [1.29, 1.82) is 0 Å². The summed E-state index contributed by atoms with van der Waals surface area (Å²) in [6, 6.07) is 13.1. The van der Waals surface area contributed by atoms with Gasteiger partial charge in [-0.3, -0.25) is 4.79 Å². The molecule has 1 aliphatic carbocycles. The van der Waals surface area contributed by atoms with Crippen LogP contribution in [0.2, 0.25) is 5.02 Å². The molecule has 1 saturated carbocycles. The zero-order valence-corrected chi connectivity index (χ0v) is 23.6. The summed E-state index contributed by atoms with van der Waals surface area (Å²) in [6.07, 6.45) is 4.29. The summed E-state index contributed by atoms with van der Waals surface area (Å²) in [5.74, 6) is 0.451. The molecule has 1 aliphatic heterocycles. The highest BCUT2D eigenvalue weighted by Gasteiger charge is 2.34. The van der Waals surface area contributed by atoms with Crippen LogP contribution >= 0.6 is 11.6 Å². The zero-order chi connectivity index (χ0) is 27.3. The number of ether oxygens (including phenoxy) is 1. The van der Waals surface area contributed by atoms with Crippen LogP contribution in [-0.2, 0) is 19.6 Å². The van der Waals surface area contributed by atoms with Crippen molar-refractivity contribution in [1.82, 2.24) is 14.5 Å². The molecule has 2 unspecified atom stereocenters. The van der Waals surface area contributed by atoms with Gasteiger partial charge in [0.2, 0.25) is 15.9 Å². The molecule has 0 bridgehead atoms. The Morgan fingerprint density at radius 3 is 2.50 bits per heavy atom. The molecule has 2 atom stereocenters. The fourth-order valence-electron chi connectivity index (χ4n) is 5.70. The number of benzene rings is 2. The third-order valence-corrected chi connectivity index (χ3v) is 9.81. The van der Waals surface area contributed by atoms with Gasteiger partial charge in [0.1, 0.15) is 12.4 Å². The monoisotopic (exact) mass is 565 g/mol. The summed E-state index contributed by atoms with van der Waals surface area (Å²) in [4.78, 5) is 14.8. The zero-order valence-electron chi connectivity index (χ0n) is 22.0. The van der Waals surface area contributed by atoms with Crippen LogP contribution in [0.15, 0.2) is 53.4 Å². The fraction of sp³-hybridized carbons (Fsp3) is 0.536. The van der Waals surface area contributed by atoms with Crippen molar-refractivity contribution in [2.45, 2.75) is 49.1 Å².